The standard InChI is InChI=1S/C20H23N5O5S/c1-4-10-30-20(28)25-8-6-13(7-9-25)18-21-14(12-31-18)17(26)23-15-11-24(3)16(22-15)19(27)29-5-2/h1,11-13H,5-10H2,2-3H3,(H,23,26). The van der Waals surface area contributed by atoms with Gasteiger partial charge in [-0.3, -0.25) is 4.79 Å². The maximum absolute atomic E-state index is 12.6. The Bertz CT molecular complexity index is 1000. The summed E-state index contributed by atoms with van der Waals surface area (Å²) < 4.78 is 11.4. The first kappa shape index (κ1) is 22.3. The summed E-state index contributed by atoms with van der Waals surface area (Å²) in [5.41, 5.74) is 0.277. The predicted molar refractivity (Wildman–Crippen MR) is 113 cm³/mol. The molecule has 1 aliphatic rings. The number of carbonyl (C=O) groups is 3. The summed E-state index contributed by atoms with van der Waals surface area (Å²) >= 11 is 1.41. The van der Waals surface area contributed by atoms with E-state index in [0.29, 0.717) is 13.1 Å². The van der Waals surface area contributed by atoms with Crippen molar-refractivity contribution in [1.29, 1.82) is 0 Å². The van der Waals surface area contributed by atoms with Crippen molar-refractivity contribution >= 4 is 35.1 Å². The van der Waals surface area contributed by atoms with Crippen molar-refractivity contribution < 1.29 is 23.9 Å². The van der Waals surface area contributed by atoms with Crippen molar-refractivity contribution in [2.75, 3.05) is 31.6 Å². The molecule has 1 saturated heterocycles. The van der Waals surface area contributed by atoms with Crippen LogP contribution in [-0.4, -0.2) is 63.7 Å². The first-order valence-corrected chi connectivity index (χ1v) is 10.6. The van der Waals surface area contributed by atoms with Crippen LogP contribution >= 0.6 is 11.3 Å². The average molecular weight is 446 g/mol. The Labute approximate surface area is 183 Å². The Hall–Kier alpha value is -3.39. The van der Waals surface area contributed by atoms with E-state index >= 15 is 0 Å². The highest BCUT2D eigenvalue weighted by atomic mass is 32.1. The van der Waals surface area contributed by atoms with Gasteiger partial charge in [0.15, 0.2) is 12.4 Å². The van der Waals surface area contributed by atoms with Crippen LogP contribution in [0.4, 0.5) is 10.6 Å². The zero-order valence-corrected chi connectivity index (χ0v) is 18.1. The van der Waals surface area contributed by atoms with Gasteiger partial charge in [0, 0.05) is 37.6 Å². The molecule has 0 saturated carbocycles. The van der Waals surface area contributed by atoms with Crippen molar-refractivity contribution in [2.45, 2.75) is 25.7 Å². The maximum atomic E-state index is 12.6. The third kappa shape index (κ3) is 5.40. The Kier molecular flexibility index (Phi) is 7.25. The number of esters is 1. The summed E-state index contributed by atoms with van der Waals surface area (Å²) in [5, 5.41) is 5.18. The number of terminal acetylenes is 1. The van der Waals surface area contributed by atoms with Crippen LogP contribution < -0.4 is 5.32 Å². The second-order valence-corrected chi connectivity index (χ2v) is 7.72. The Morgan fingerprint density at radius 2 is 2.03 bits per heavy atom. The van der Waals surface area contributed by atoms with Gasteiger partial charge in [-0.2, -0.15) is 0 Å². The zero-order chi connectivity index (χ0) is 22.4. The number of imidazole rings is 1. The monoisotopic (exact) mass is 445 g/mol. The quantitative estimate of drug-likeness (QED) is 0.536. The molecule has 0 radical (unpaired) electrons. The lowest BCUT2D eigenvalue weighted by molar-refractivity contribution is 0.0507. The maximum Gasteiger partial charge on any atom is 0.410 e. The van der Waals surface area contributed by atoms with E-state index in [2.05, 4.69) is 21.2 Å². The number of anilines is 1. The summed E-state index contributed by atoms with van der Waals surface area (Å²) in [7, 11) is 1.64. The van der Waals surface area contributed by atoms with Crippen LogP contribution in [0.25, 0.3) is 0 Å². The van der Waals surface area contributed by atoms with Crippen molar-refractivity contribution in [3.8, 4) is 12.3 Å². The smallest absolute Gasteiger partial charge is 0.410 e. The molecule has 2 aromatic rings. The molecule has 10 nitrogen and oxygen atoms in total. The number of aromatic nitrogens is 3. The summed E-state index contributed by atoms with van der Waals surface area (Å²) in [6.07, 6.45) is 7.68. The summed E-state index contributed by atoms with van der Waals surface area (Å²) in [5.74, 6) is 1.80. The molecule has 3 rings (SSSR count). The Morgan fingerprint density at radius 1 is 1.29 bits per heavy atom. The normalized spacial score (nSPS) is 14.0. The van der Waals surface area contributed by atoms with E-state index in [1.54, 1.807) is 24.3 Å². The fourth-order valence-electron chi connectivity index (χ4n) is 3.18. The molecule has 0 unspecified atom stereocenters. The molecule has 2 amide bonds. The summed E-state index contributed by atoms with van der Waals surface area (Å²) in [4.78, 5) is 46.5. The highest BCUT2D eigenvalue weighted by molar-refractivity contribution is 7.10. The van der Waals surface area contributed by atoms with Crippen molar-refractivity contribution in [2.24, 2.45) is 7.05 Å². The third-order valence-electron chi connectivity index (χ3n) is 4.71. The fourth-order valence-corrected chi connectivity index (χ4v) is 4.15. The first-order chi connectivity index (χ1) is 14.9. The molecule has 0 aromatic carbocycles. The Balaban J connectivity index is 1.57. The molecular weight excluding hydrogens is 422 g/mol. The molecule has 1 N–H and O–H groups in total. The number of hydrogen-bond acceptors (Lipinski definition) is 8. The van der Waals surface area contributed by atoms with Gasteiger partial charge in [-0.15, -0.1) is 17.8 Å². The van der Waals surface area contributed by atoms with Gasteiger partial charge in [0.1, 0.15) is 5.69 Å². The molecule has 0 aliphatic carbocycles. The lowest BCUT2D eigenvalue weighted by Gasteiger charge is -2.30. The molecule has 11 heteroatoms. The molecule has 31 heavy (non-hydrogen) atoms. The average Bonchev–Trinajstić information content (AvgIpc) is 3.39. The van der Waals surface area contributed by atoms with Gasteiger partial charge in [0.2, 0.25) is 5.82 Å². The number of likely N-dealkylation sites (tertiary alicyclic amines) is 1. The van der Waals surface area contributed by atoms with E-state index in [0.717, 1.165) is 17.8 Å². The molecule has 164 valence electrons. The van der Waals surface area contributed by atoms with Crippen molar-refractivity contribution in [3.63, 3.8) is 0 Å². The number of ether oxygens (including phenoxy) is 2. The molecule has 2 aromatic heterocycles. The van der Waals surface area contributed by atoms with Gasteiger partial charge in [0.05, 0.1) is 11.6 Å². The highest BCUT2D eigenvalue weighted by Gasteiger charge is 2.27. The van der Waals surface area contributed by atoms with E-state index in [1.807, 2.05) is 0 Å². The Morgan fingerprint density at radius 3 is 2.71 bits per heavy atom. The first-order valence-electron chi connectivity index (χ1n) is 9.75. The van der Waals surface area contributed by atoms with Crippen LogP contribution in [0.1, 0.15) is 51.8 Å². The second kappa shape index (κ2) is 10.1. The molecule has 3 heterocycles. The van der Waals surface area contributed by atoms with Crippen molar-refractivity contribution in [3.05, 3.63) is 28.1 Å². The number of hydrogen-bond donors (Lipinski definition) is 1. The van der Waals surface area contributed by atoms with Crippen LogP contribution in [0.5, 0.6) is 0 Å². The molecule has 0 atom stereocenters. The highest BCUT2D eigenvalue weighted by Crippen LogP contribution is 2.30. The minimum absolute atomic E-state index is 0.0404. The number of nitrogens with zero attached hydrogens (tertiary/aromatic N) is 4. The number of nitrogens with one attached hydrogen (secondary N) is 1. The van der Waals surface area contributed by atoms with Crippen LogP contribution in [-0.2, 0) is 16.5 Å². The van der Waals surface area contributed by atoms with Gasteiger partial charge in [-0.25, -0.2) is 19.6 Å². The van der Waals surface area contributed by atoms with Crippen molar-refractivity contribution in [1.82, 2.24) is 19.4 Å². The van der Waals surface area contributed by atoms with E-state index in [-0.39, 0.29) is 36.5 Å². The van der Waals surface area contributed by atoms with Crippen LogP contribution in [0.15, 0.2) is 11.6 Å². The van der Waals surface area contributed by atoms with Crippen LogP contribution in [0, 0.1) is 12.3 Å². The topological polar surface area (TPSA) is 116 Å². The molecule has 0 spiro atoms. The largest absolute Gasteiger partial charge is 0.460 e. The van der Waals surface area contributed by atoms with Crippen LogP contribution in [0.3, 0.4) is 0 Å². The zero-order valence-electron chi connectivity index (χ0n) is 17.3. The number of thiazole rings is 1. The van der Waals surface area contributed by atoms with E-state index in [4.69, 9.17) is 15.9 Å². The summed E-state index contributed by atoms with van der Waals surface area (Å²) in [6, 6.07) is 0. The molecule has 1 fully saturated rings. The van der Waals surface area contributed by atoms with Crippen LogP contribution in [0.2, 0.25) is 0 Å². The third-order valence-corrected chi connectivity index (χ3v) is 5.72. The van der Waals surface area contributed by atoms with Gasteiger partial charge in [-0.1, -0.05) is 5.92 Å². The molecule has 1 aliphatic heterocycles. The number of amides is 2. The minimum atomic E-state index is -0.559. The van der Waals surface area contributed by atoms with E-state index < -0.39 is 18.0 Å². The minimum Gasteiger partial charge on any atom is -0.460 e. The molecule has 0 bridgehead atoms. The fraction of sp³-hybridized carbons (Fsp3) is 0.450. The lowest BCUT2D eigenvalue weighted by atomic mass is 9.98. The van der Waals surface area contributed by atoms with Gasteiger partial charge < -0.3 is 24.3 Å². The van der Waals surface area contributed by atoms with E-state index in [1.165, 1.54) is 22.1 Å². The number of aryl methyl sites for hydroxylation is 1. The number of rotatable bonds is 6. The van der Waals surface area contributed by atoms with Gasteiger partial charge in [0.25, 0.3) is 5.91 Å². The second-order valence-electron chi connectivity index (χ2n) is 6.83. The number of piperidine rings is 1. The van der Waals surface area contributed by atoms with Gasteiger partial charge >= 0.3 is 12.1 Å². The lowest BCUT2D eigenvalue weighted by Crippen LogP contribution is -2.38. The number of carbonyl (C=O) groups excluding carboxylic acids is 3. The van der Waals surface area contributed by atoms with E-state index in [9.17, 15) is 14.4 Å². The predicted octanol–water partition coefficient (Wildman–Crippen LogP) is 2.25. The SMILES string of the molecule is C#CCOC(=O)N1CCC(c2nc(C(=O)Nc3cn(C)c(C(=O)OCC)n3)cs2)CC1. The summed E-state index contributed by atoms with van der Waals surface area (Å²) in [6.45, 7) is 2.99. The van der Waals surface area contributed by atoms with Gasteiger partial charge in [-0.05, 0) is 19.8 Å². The molecular formula is C20H23N5O5S.